The molecule has 2 N–H and O–H groups in total. The monoisotopic (exact) mass is 425 g/mol. The number of carbonyl (C=O) groups is 2. The van der Waals surface area contributed by atoms with Crippen LogP contribution in [0.1, 0.15) is 41.0 Å². The Morgan fingerprint density at radius 2 is 1.69 bits per heavy atom. The molecule has 1 aliphatic carbocycles. The summed E-state index contributed by atoms with van der Waals surface area (Å²) in [7, 11) is 0. The SMILES string of the molecule is O=C(NC1N=C(c2ccccc2)c2cccc(C3CC3)c2NC1=O)OCc1ccccc1. The molecule has 1 aliphatic heterocycles. The molecule has 160 valence electrons. The molecule has 3 aromatic rings. The average molecular weight is 425 g/mol. The summed E-state index contributed by atoms with van der Waals surface area (Å²) in [4.78, 5) is 30.2. The van der Waals surface area contributed by atoms with Crippen LogP contribution in [-0.4, -0.2) is 23.9 Å². The number of amides is 2. The normalized spacial score (nSPS) is 17.4. The second-order valence-corrected chi connectivity index (χ2v) is 7.99. The maximum atomic E-state index is 13.1. The smallest absolute Gasteiger partial charge is 0.409 e. The number of fused-ring (bicyclic) bond motifs is 1. The van der Waals surface area contributed by atoms with Gasteiger partial charge in [-0.05, 0) is 29.9 Å². The molecule has 1 unspecified atom stereocenters. The number of nitrogens with one attached hydrogen (secondary N) is 2. The first-order chi connectivity index (χ1) is 15.7. The maximum Gasteiger partial charge on any atom is 0.409 e. The summed E-state index contributed by atoms with van der Waals surface area (Å²) in [5.41, 5.74) is 5.16. The summed E-state index contributed by atoms with van der Waals surface area (Å²) >= 11 is 0. The first-order valence-corrected chi connectivity index (χ1v) is 10.7. The van der Waals surface area contributed by atoms with E-state index in [4.69, 9.17) is 4.74 Å². The Hall–Kier alpha value is -3.93. The molecule has 6 nitrogen and oxygen atoms in total. The maximum absolute atomic E-state index is 13.1. The number of carbonyl (C=O) groups excluding carboxylic acids is 2. The third-order valence-electron chi connectivity index (χ3n) is 5.64. The highest BCUT2D eigenvalue weighted by molar-refractivity contribution is 6.20. The predicted molar refractivity (Wildman–Crippen MR) is 123 cm³/mol. The van der Waals surface area contributed by atoms with Crippen LogP contribution >= 0.6 is 0 Å². The fourth-order valence-electron chi connectivity index (χ4n) is 3.89. The third-order valence-corrected chi connectivity index (χ3v) is 5.64. The van der Waals surface area contributed by atoms with Gasteiger partial charge in [0.15, 0.2) is 0 Å². The molecule has 32 heavy (non-hydrogen) atoms. The van der Waals surface area contributed by atoms with Crippen molar-refractivity contribution in [1.82, 2.24) is 5.32 Å². The van der Waals surface area contributed by atoms with Crippen molar-refractivity contribution < 1.29 is 14.3 Å². The van der Waals surface area contributed by atoms with Crippen molar-refractivity contribution in [1.29, 1.82) is 0 Å². The number of alkyl carbamates (subject to hydrolysis) is 1. The zero-order valence-electron chi connectivity index (χ0n) is 17.5. The summed E-state index contributed by atoms with van der Waals surface area (Å²) in [6.07, 6.45) is 0.418. The lowest BCUT2D eigenvalue weighted by Gasteiger charge is -2.15. The molecule has 0 spiro atoms. The van der Waals surface area contributed by atoms with Crippen LogP contribution in [0.4, 0.5) is 10.5 Å². The van der Waals surface area contributed by atoms with E-state index < -0.39 is 12.3 Å². The van der Waals surface area contributed by atoms with Crippen molar-refractivity contribution >= 4 is 23.4 Å². The van der Waals surface area contributed by atoms with Gasteiger partial charge in [-0.2, -0.15) is 0 Å². The van der Waals surface area contributed by atoms with E-state index in [-0.39, 0.29) is 12.5 Å². The van der Waals surface area contributed by atoms with Crippen LogP contribution in [0.15, 0.2) is 83.9 Å². The van der Waals surface area contributed by atoms with E-state index in [1.54, 1.807) is 0 Å². The number of ether oxygens (including phenoxy) is 1. The van der Waals surface area contributed by atoms with Crippen molar-refractivity contribution in [3.8, 4) is 0 Å². The molecule has 1 saturated carbocycles. The van der Waals surface area contributed by atoms with Gasteiger partial charge < -0.3 is 10.1 Å². The number of benzodiazepines with no additional fused rings is 1. The molecule has 0 bridgehead atoms. The standard InChI is InChI=1S/C26H23N3O3/c30-25-24(29-26(31)32-16-17-8-3-1-4-9-17)27-22(19-10-5-2-6-11-19)21-13-7-12-20(18-14-15-18)23(21)28-25/h1-13,18,24H,14-16H2,(H,28,30)(H,29,31). The number of para-hydroxylation sites is 1. The van der Waals surface area contributed by atoms with Crippen molar-refractivity contribution in [2.75, 3.05) is 5.32 Å². The minimum Gasteiger partial charge on any atom is -0.445 e. The average Bonchev–Trinajstić information content (AvgIpc) is 3.68. The first-order valence-electron chi connectivity index (χ1n) is 10.7. The number of aliphatic imine (C=N–C) groups is 1. The van der Waals surface area contributed by atoms with Crippen LogP contribution in [0, 0.1) is 0 Å². The molecule has 6 heteroatoms. The summed E-state index contributed by atoms with van der Waals surface area (Å²) in [5, 5.41) is 5.63. The second-order valence-electron chi connectivity index (χ2n) is 7.99. The quantitative estimate of drug-likeness (QED) is 0.627. The number of hydrogen-bond donors (Lipinski definition) is 2. The molecule has 1 fully saturated rings. The molecule has 1 heterocycles. The minimum absolute atomic E-state index is 0.113. The lowest BCUT2D eigenvalue weighted by molar-refractivity contribution is -0.117. The van der Waals surface area contributed by atoms with Crippen molar-refractivity contribution in [2.24, 2.45) is 4.99 Å². The number of anilines is 1. The zero-order valence-corrected chi connectivity index (χ0v) is 17.5. The minimum atomic E-state index is -1.10. The van der Waals surface area contributed by atoms with Crippen LogP contribution in [0.25, 0.3) is 0 Å². The van der Waals surface area contributed by atoms with Crippen LogP contribution in [0.2, 0.25) is 0 Å². The highest BCUT2D eigenvalue weighted by atomic mass is 16.5. The van der Waals surface area contributed by atoms with Gasteiger partial charge in [-0.15, -0.1) is 0 Å². The fourth-order valence-corrected chi connectivity index (χ4v) is 3.89. The van der Waals surface area contributed by atoms with Gasteiger partial charge in [0.25, 0.3) is 5.91 Å². The lowest BCUT2D eigenvalue weighted by Crippen LogP contribution is -2.42. The summed E-state index contributed by atoms with van der Waals surface area (Å²) in [5.74, 6) is 0.0598. The zero-order chi connectivity index (χ0) is 21.9. The Balaban J connectivity index is 1.44. The Bertz CT molecular complexity index is 1170. The van der Waals surface area contributed by atoms with Gasteiger partial charge in [-0.3, -0.25) is 10.1 Å². The van der Waals surface area contributed by atoms with E-state index in [0.717, 1.165) is 40.8 Å². The Labute approximate surface area is 186 Å². The molecule has 3 aromatic carbocycles. The first kappa shape index (κ1) is 20.0. The number of benzene rings is 3. The largest absolute Gasteiger partial charge is 0.445 e. The number of nitrogens with zero attached hydrogens (tertiary/aromatic N) is 1. The van der Waals surface area contributed by atoms with E-state index in [1.165, 1.54) is 0 Å². The van der Waals surface area contributed by atoms with E-state index in [2.05, 4.69) is 21.7 Å². The van der Waals surface area contributed by atoms with Crippen molar-refractivity contribution in [3.63, 3.8) is 0 Å². The Morgan fingerprint density at radius 3 is 2.41 bits per heavy atom. The van der Waals surface area contributed by atoms with Crippen LogP contribution < -0.4 is 10.6 Å². The molecular formula is C26H23N3O3. The van der Waals surface area contributed by atoms with E-state index in [9.17, 15) is 9.59 Å². The molecule has 0 radical (unpaired) electrons. The summed E-state index contributed by atoms with van der Waals surface area (Å²) in [6, 6.07) is 25.1. The third kappa shape index (κ3) is 4.25. The van der Waals surface area contributed by atoms with Gasteiger partial charge in [0, 0.05) is 11.1 Å². The highest BCUT2D eigenvalue weighted by Gasteiger charge is 2.33. The van der Waals surface area contributed by atoms with E-state index >= 15 is 0 Å². The van der Waals surface area contributed by atoms with Gasteiger partial charge in [0.1, 0.15) is 6.61 Å². The Morgan fingerprint density at radius 1 is 0.969 bits per heavy atom. The lowest BCUT2D eigenvalue weighted by atomic mass is 9.96. The van der Waals surface area contributed by atoms with E-state index in [0.29, 0.717) is 11.6 Å². The summed E-state index contributed by atoms with van der Waals surface area (Å²) < 4.78 is 5.31. The second kappa shape index (κ2) is 8.67. The molecular weight excluding hydrogens is 402 g/mol. The molecule has 0 saturated heterocycles. The topological polar surface area (TPSA) is 79.8 Å². The van der Waals surface area contributed by atoms with Gasteiger partial charge in [-0.1, -0.05) is 78.9 Å². The fraction of sp³-hybridized carbons (Fsp3) is 0.192. The van der Waals surface area contributed by atoms with Crippen LogP contribution in [-0.2, 0) is 16.1 Å². The number of hydrogen-bond acceptors (Lipinski definition) is 4. The van der Waals surface area contributed by atoms with Crippen LogP contribution in [0.5, 0.6) is 0 Å². The Kier molecular flexibility index (Phi) is 5.42. The van der Waals surface area contributed by atoms with E-state index in [1.807, 2.05) is 72.8 Å². The van der Waals surface area contributed by atoms with Gasteiger partial charge in [0.05, 0.1) is 11.4 Å². The molecule has 2 aliphatic rings. The van der Waals surface area contributed by atoms with Crippen molar-refractivity contribution in [2.45, 2.75) is 31.5 Å². The summed E-state index contributed by atoms with van der Waals surface area (Å²) in [6.45, 7) is 0.113. The number of rotatable bonds is 5. The van der Waals surface area contributed by atoms with Gasteiger partial charge in [0.2, 0.25) is 6.17 Å². The van der Waals surface area contributed by atoms with Gasteiger partial charge >= 0.3 is 6.09 Å². The molecule has 0 aromatic heterocycles. The molecule has 2 amide bonds. The predicted octanol–water partition coefficient (Wildman–Crippen LogP) is 4.61. The van der Waals surface area contributed by atoms with Crippen LogP contribution in [0.3, 0.4) is 0 Å². The van der Waals surface area contributed by atoms with Gasteiger partial charge in [-0.25, -0.2) is 9.79 Å². The van der Waals surface area contributed by atoms with Crippen molar-refractivity contribution in [3.05, 3.63) is 101 Å². The molecule has 1 atom stereocenters. The molecule has 5 rings (SSSR count). The highest BCUT2D eigenvalue weighted by Crippen LogP contribution is 2.45.